The van der Waals surface area contributed by atoms with E-state index in [1.54, 1.807) is 14.1 Å². The van der Waals surface area contributed by atoms with Crippen molar-refractivity contribution in [3.05, 3.63) is 0 Å². The van der Waals surface area contributed by atoms with Crippen LogP contribution in [0.2, 0.25) is 0 Å². The molecule has 15 heavy (non-hydrogen) atoms. The Kier molecular flexibility index (Phi) is 4.55. The van der Waals surface area contributed by atoms with Crippen LogP contribution in [-0.4, -0.2) is 49.9 Å². The van der Waals surface area contributed by atoms with E-state index in [2.05, 4.69) is 10.6 Å². The number of nitrogens with zero attached hydrogens (tertiary/aromatic N) is 1. The maximum atomic E-state index is 11.7. The van der Waals surface area contributed by atoms with Gasteiger partial charge in [-0.2, -0.15) is 0 Å². The van der Waals surface area contributed by atoms with E-state index in [4.69, 9.17) is 0 Å². The highest BCUT2D eigenvalue weighted by Gasteiger charge is 2.20. The van der Waals surface area contributed by atoms with Crippen LogP contribution >= 0.6 is 0 Å². The third-order valence-corrected chi connectivity index (χ3v) is 2.67. The van der Waals surface area contributed by atoms with E-state index in [1.807, 2.05) is 0 Å². The van der Waals surface area contributed by atoms with E-state index < -0.39 is 0 Å². The summed E-state index contributed by atoms with van der Waals surface area (Å²) < 4.78 is 0. The van der Waals surface area contributed by atoms with E-state index in [0.29, 0.717) is 12.5 Å². The van der Waals surface area contributed by atoms with Gasteiger partial charge in [0.2, 0.25) is 11.8 Å². The smallest absolute Gasteiger partial charge is 0.239 e. The van der Waals surface area contributed by atoms with Gasteiger partial charge in [-0.25, -0.2) is 0 Å². The first-order valence-corrected chi connectivity index (χ1v) is 5.31. The maximum absolute atomic E-state index is 11.7. The van der Waals surface area contributed by atoms with Gasteiger partial charge in [0.1, 0.15) is 0 Å². The van der Waals surface area contributed by atoms with Crippen LogP contribution < -0.4 is 10.6 Å². The molecule has 0 radical (unpaired) electrons. The molecule has 5 nitrogen and oxygen atoms in total. The van der Waals surface area contributed by atoms with E-state index in [9.17, 15) is 9.59 Å². The van der Waals surface area contributed by atoms with Crippen molar-refractivity contribution < 1.29 is 9.59 Å². The Hall–Kier alpha value is -1.10. The second kappa shape index (κ2) is 5.70. The molecule has 86 valence electrons. The van der Waals surface area contributed by atoms with Gasteiger partial charge in [0.25, 0.3) is 0 Å². The molecule has 0 saturated carbocycles. The first-order chi connectivity index (χ1) is 7.13. The predicted octanol–water partition coefficient (Wildman–Crippen LogP) is -0.667. The minimum Gasteiger partial charge on any atom is -0.358 e. The molecule has 0 aliphatic carbocycles. The molecule has 1 fully saturated rings. The molecule has 0 aromatic rings. The topological polar surface area (TPSA) is 61.4 Å². The standard InChI is InChI=1S/C10H19N3O2/c1-11-9(14)7-13(2)10(15)6-8-4-3-5-12-8/h8,12H,3-7H2,1-2H3,(H,11,14). The predicted molar refractivity (Wildman–Crippen MR) is 57.3 cm³/mol. The Morgan fingerprint density at radius 3 is 2.80 bits per heavy atom. The fourth-order valence-electron chi connectivity index (χ4n) is 1.68. The number of hydrogen-bond acceptors (Lipinski definition) is 3. The monoisotopic (exact) mass is 213 g/mol. The van der Waals surface area contributed by atoms with E-state index >= 15 is 0 Å². The number of amides is 2. The number of nitrogens with one attached hydrogen (secondary N) is 2. The largest absolute Gasteiger partial charge is 0.358 e. The lowest BCUT2D eigenvalue weighted by Gasteiger charge is -2.18. The summed E-state index contributed by atoms with van der Waals surface area (Å²) in [6, 6.07) is 0.296. The summed E-state index contributed by atoms with van der Waals surface area (Å²) in [6.07, 6.45) is 2.68. The van der Waals surface area contributed by atoms with Crippen LogP contribution in [0.25, 0.3) is 0 Å². The summed E-state index contributed by atoms with van der Waals surface area (Å²) in [5, 5.41) is 5.76. The number of carbonyl (C=O) groups is 2. The second-order valence-corrected chi connectivity index (χ2v) is 3.92. The lowest BCUT2D eigenvalue weighted by atomic mass is 10.1. The minimum absolute atomic E-state index is 0.0259. The Labute approximate surface area is 90.2 Å². The average Bonchev–Trinajstić information content (AvgIpc) is 2.70. The fraction of sp³-hybridized carbons (Fsp3) is 0.800. The number of rotatable bonds is 4. The van der Waals surface area contributed by atoms with Gasteiger partial charge >= 0.3 is 0 Å². The fourth-order valence-corrected chi connectivity index (χ4v) is 1.68. The highest BCUT2D eigenvalue weighted by molar-refractivity contribution is 5.84. The van der Waals surface area contributed by atoms with Crippen LogP contribution in [0.4, 0.5) is 0 Å². The molecular weight excluding hydrogens is 194 g/mol. The quantitative estimate of drug-likeness (QED) is 0.651. The molecule has 1 saturated heterocycles. The normalized spacial score (nSPS) is 20.0. The number of hydrogen-bond donors (Lipinski definition) is 2. The van der Waals surface area contributed by atoms with Gasteiger partial charge in [-0.05, 0) is 19.4 Å². The molecule has 5 heteroatoms. The molecule has 0 bridgehead atoms. The summed E-state index contributed by atoms with van der Waals surface area (Å²) >= 11 is 0. The Morgan fingerprint density at radius 1 is 1.53 bits per heavy atom. The zero-order chi connectivity index (χ0) is 11.3. The van der Waals surface area contributed by atoms with E-state index in [-0.39, 0.29) is 18.4 Å². The lowest BCUT2D eigenvalue weighted by Crippen LogP contribution is -2.39. The third-order valence-electron chi connectivity index (χ3n) is 2.67. The molecule has 1 aliphatic heterocycles. The van der Waals surface area contributed by atoms with Gasteiger partial charge in [0.15, 0.2) is 0 Å². The van der Waals surface area contributed by atoms with Gasteiger partial charge in [0, 0.05) is 26.6 Å². The first kappa shape index (κ1) is 12.0. The summed E-state index contributed by atoms with van der Waals surface area (Å²) in [4.78, 5) is 24.2. The molecule has 0 spiro atoms. The van der Waals surface area contributed by atoms with Gasteiger partial charge in [-0.15, -0.1) is 0 Å². The van der Waals surface area contributed by atoms with Gasteiger partial charge in [-0.1, -0.05) is 0 Å². The van der Waals surface area contributed by atoms with Gasteiger partial charge in [-0.3, -0.25) is 9.59 Å². The van der Waals surface area contributed by atoms with Crippen molar-refractivity contribution in [3.8, 4) is 0 Å². The average molecular weight is 213 g/mol. The summed E-state index contributed by atoms with van der Waals surface area (Å²) in [6.45, 7) is 1.14. The molecule has 2 N–H and O–H groups in total. The van der Waals surface area contributed by atoms with Crippen LogP contribution in [0.3, 0.4) is 0 Å². The highest BCUT2D eigenvalue weighted by Crippen LogP contribution is 2.09. The summed E-state index contributed by atoms with van der Waals surface area (Å²) in [5.41, 5.74) is 0. The van der Waals surface area contributed by atoms with Gasteiger partial charge in [0.05, 0.1) is 6.54 Å². The Morgan fingerprint density at radius 2 is 2.27 bits per heavy atom. The molecule has 1 heterocycles. The highest BCUT2D eigenvalue weighted by atomic mass is 16.2. The summed E-state index contributed by atoms with van der Waals surface area (Å²) in [7, 11) is 3.23. The third kappa shape index (κ3) is 3.87. The van der Waals surface area contributed by atoms with Crippen LogP contribution in [0.15, 0.2) is 0 Å². The summed E-state index contributed by atoms with van der Waals surface area (Å²) in [5.74, 6) is -0.108. The Balaban J connectivity index is 2.28. The van der Waals surface area contributed by atoms with Crippen LogP contribution in [0.1, 0.15) is 19.3 Å². The molecule has 1 rings (SSSR count). The SMILES string of the molecule is CNC(=O)CN(C)C(=O)CC1CCCN1. The van der Waals surface area contributed by atoms with E-state index in [0.717, 1.165) is 19.4 Å². The van der Waals surface area contributed by atoms with Crippen molar-refractivity contribution in [2.75, 3.05) is 27.2 Å². The molecule has 1 aliphatic rings. The lowest BCUT2D eigenvalue weighted by molar-refractivity contribution is -0.134. The van der Waals surface area contributed by atoms with Crippen molar-refractivity contribution in [2.24, 2.45) is 0 Å². The van der Waals surface area contributed by atoms with Gasteiger partial charge < -0.3 is 15.5 Å². The van der Waals surface area contributed by atoms with Crippen LogP contribution in [0, 0.1) is 0 Å². The molecule has 1 atom stereocenters. The molecule has 0 aromatic carbocycles. The number of carbonyl (C=O) groups excluding carboxylic acids is 2. The zero-order valence-electron chi connectivity index (χ0n) is 9.38. The molecule has 1 unspecified atom stereocenters. The first-order valence-electron chi connectivity index (χ1n) is 5.31. The zero-order valence-corrected chi connectivity index (χ0v) is 9.38. The minimum atomic E-state index is -0.134. The van der Waals surface area contributed by atoms with Crippen molar-refractivity contribution in [1.82, 2.24) is 15.5 Å². The van der Waals surface area contributed by atoms with Crippen molar-refractivity contribution in [2.45, 2.75) is 25.3 Å². The van der Waals surface area contributed by atoms with Crippen molar-refractivity contribution >= 4 is 11.8 Å². The van der Waals surface area contributed by atoms with Crippen molar-refractivity contribution in [1.29, 1.82) is 0 Å². The van der Waals surface area contributed by atoms with Crippen LogP contribution in [-0.2, 0) is 9.59 Å². The van der Waals surface area contributed by atoms with E-state index in [1.165, 1.54) is 4.90 Å². The van der Waals surface area contributed by atoms with Crippen molar-refractivity contribution in [3.63, 3.8) is 0 Å². The number of likely N-dealkylation sites (N-methyl/N-ethyl adjacent to an activating group) is 2. The molecule has 2 amide bonds. The second-order valence-electron chi connectivity index (χ2n) is 3.92. The van der Waals surface area contributed by atoms with Crippen LogP contribution in [0.5, 0.6) is 0 Å². The Bertz CT molecular complexity index is 237. The molecule has 0 aromatic heterocycles. The molecular formula is C10H19N3O2. The maximum Gasteiger partial charge on any atom is 0.239 e.